The lowest BCUT2D eigenvalue weighted by molar-refractivity contribution is 0.199. The van der Waals surface area contributed by atoms with Gasteiger partial charge < -0.3 is 10.1 Å². The number of hydrogen-bond donors (Lipinski definition) is 2. The number of benzene rings is 1. The van der Waals surface area contributed by atoms with Gasteiger partial charge in [0.15, 0.2) is 0 Å². The van der Waals surface area contributed by atoms with Crippen molar-refractivity contribution < 1.29 is 5.11 Å². The van der Waals surface area contributed by atoms with E-state index in [1.165, 1.54) is 0 Å². The molecule has 1 heterocycles. The molecule has 0 fully saturated rings. The highest BCUT2D eigenvalue weighted by Gasteiger charge is 2.04. The maximum Gasteiger partial charge on any atom is 0.137 e. The van der Waals surface area contributed by atoms with Crippen molar-refractivity contribution >= 4 is 11.6 Å². The Kier molecular flexibility index (Phi) is 3.59. The quantitative estimate of drug-likeness (QED) is 0.800. The van der Waals surface area contributed by atoms with Crippen LogP contribution in [0.25, 0.3) is 11.4 Å². The summed E-state index contributed by atoms with van der Waals surface area (Å²) in [5, 5.41) is 9.41. The molecule has 0 bridgehead atoms. The predicted molar refractivity (Wildman–Crippen MR) is 64.5 cm³/mol. The van der Waals surface area contributed by atoms with E-state index in [0.717, 1.165) is 17.0 Å². The Morgan fingerprint density at radius 1 is 1.31 bits per heavy atom. The van der Waals surface area contributed by atoms with Crippen LogP contribution in [0.1, 0.15) is 5.56 Å². The number of H-pyrrole nitrogens is 1. The zero-order valence-corrected chi connectivity index (χ0v) is 9.48. The molecule has 4 heteroatoms. The zero-order chi connectivity index (χ0) is 11.4. The first kappa shape index (κ1) is 11.2. The van der Waals surface area contributed by atoms with Crippen molar-refractivity contribution in [3.05, 3.63) is 42.2 Å². The number of rotatable bonds is 4. The van der Waals surface area contributed by atoms with E-state index in [-0.39, 0.29) is 5.88 Å². The molecular formula is C12H13ClN2O. The van der Waals surface area contributed by atoms with Gasteiger partial charge in [0.25, 0.3) is 0 Å². The van der Waals surface area contributed by atoms with Crippen LogP contribution < -0.4 is 0 Å². The maximum absolute atomic E-state index is 9.41. The Balaban J connectivity index is 2.11. The summed E-state index contributed by atoms with van der Waals surface area (Å²) in [5.41, 5.74) is 2.11. The minimum absolute atomic E-state index is 0.264. The van der Waals surface area contributed by atoms with Crippen LogP contribution in [0, 0.1) is 0 Å². The molecule has 0 spiro atoms. The number of aromatic nitrogens is 2. The van der Waals surface area contributed by atoms with Crippen molar-refractivity contribution in [2.45, 2.75) is 12.5 Å². The van der Waals surface area contributed by atoms with Crippen LogP contribution in [0.2, 0.25) is 0 Å². The molecule has 1 atom stereocenters. The number of halogens is 1. The number of aliphatic hydroxyl groups excluding tert-OH is 1. The Hall–Kier alpha value is -1.32. The molecule has 1 unspecified atom stereocenters. The van der Waals surface area contributed by atoms with Gasteiger partial charge in [0.05, 0.1) is 6.10 Å². The monoisotopic (exact) mass is 236 g/mol. The summed E-state index contributed by atoms with van der Waals surface area (Å²) in [7, 11) is 0. The molecule has 0 amide bonds. The lowest BCUT2D eigenvalue weighted by Crippen LogP contribution is -2.11. The summed E-state index contributed by atoms with van der Waals surface area (Å²) in [6, 6.07) is 7.92. The topological polar surface area (TPSA) is 48.9 Å². The molecule has 2 aromatic rings. The van der Waals surface area contributed by atoms with Gasteiger partial charge in [-0.05, 0) is 12.0 Å². The third-order valence-electron chi connectivity index (χ3n) is 2.38. The van der Waals surface area contributed by atoms with Crippen molar-refractivity contribution in [1.82, 2.24) is 9.97 Å². The molecule has 2 rings (SSSR count). The summed E-state index contributed by atoms with van der Waals surface area (Å²) < 4.78 is 0. The van der Waals surface area contributed by atoms with Crippen molar-refractivity contribution in [2.24, 2.45) is 0 Å². The third kappa shape index (κ3) is 2.62. The van der Waals surface area contributed by atoms with Crippen LogP contribution in [-0.4, -0.2) is 27.1 Å². The third-order valence-corrected chi connectivity index (χ3v) is 2.73. The summed E-state index contributed by atoms with van der Waals surface area (Å²) in [5.74, 6) is 1.12. The van der Waals surface area contributed by atoms with Crippen molar-refractivity contribution in [2.75, 3.05) is 5.88 Å². The van der Waals surface area contributed by atoms with Gasteiger partial charge in [-0.25, -0.2) is 4.98 Å². The van der Waals surface area contributed by atoms with Gasteiger partial charge in [-0.2, -0.15) is 0 Å². The number of nitrogens with zero attached hydrogens (tertiary/aromatic N) is 1. The number of nitrogens with one attached hydrogen (secondary N) is 1. The second-order valence-electron chi connectivity index (χ2n) is 3.65. The Labute approximate surface area is 99.1 Å². The fourth-order valence-electron chi connectivity index (χ4n) is 1.55. The smallest absolute Gasteiger partial charge is 0.137 e. The van der Waals surface area contributed by atoms with Gasteiger partial charge >= 0.3 is 0 Å². The number of aromatic amines is 1. The molecule has 16 heavy (non-hydrogen) atoms. The van der Waals surface area contributed by atoms with E-state index in [1.807, 2.05) is 24.3 Å². The summed E-state index contributed by atoms with van der Waals surface area (Å²) in [4.78, 5) is 7.21. The number of hydrogen-bond acceptors (Lipinski definition) is 2. The van der Waals surface area contributed by atoms with E-state index < -0.39 is 6.10 Å². The van der Waals surface area contributed by atoms with Gasteiger partial charge in [-0.1, -0.05) is 24.3 Å². The van der Waals surface area contributed by atoms with E-state index in [2.05, 4.69) is 9.97 Å². The van der Waals surface area contributed by atoms with Gasteiger partial charge in [-0.3, -0.25) is 0 Å². The van der Waals surface area contributed by atoms with Crippen LogP contribution in [-0.2, 0) is 6.42 Å². The standard InChI is InChI=1S/C12H13ClN2O/c13-8-11(16)7-9-1-3-10(4-2-9)12-14-5-6-15-12/h1-6,11,16H,7-8H2,(H,14,15). The predicted octanol–water partition coefficient (Wildman–Crippen LogP) is 2.22. The lowest BCUT2D eigenvalue weighted by atomic mass is 10.1. The molecule has 0 radical (unpaired) electrons. The molecular weight excluding hydrogens is 224 g/mol. The van der Waals surface area contributed by atoms with E-state index in [0.29, 0.717) is 6.42 Å². The van der Waals surface area contributed by atoms with Crippen LogP contribution in [0.5, 0.6) is 0 Å². The molecule has 84 valence electrons. The molecule has 1 aromatic carbocycles. The van der Waals surface area contributed by atoms with Crippen molar-refractivity contribution in [1.29, 1.82) is 0 Å². The molecule has 0 saturated heterocycles. The van der Waals surface area contributed by atoms with Crippen LogP contribution >= 0.6 is 11.6 Å². The van der Waals surface area contributed by atoms with Crippen molar-refractivity contribution in [3.8, 4) is 11.4 Å². The number of alkyl halides is 1. The summed E-state index contributed by atoms with van der Waals surface area (Å²) >= 11 is 5.55. The van der Waals surface area contributed by atoms with Gasteiger partial charge in [0, 0.05) is 23.8 Å². The lowest BCUT2D eigenvalue weighted by Gasteiger charge is -2.06. The zero-order valence-electron chi connectivity index (χ0n) is 8.73. The van der Waals surface area contributed by atoms with Gasteiger partial charge in [0.1, 0.15) is 5.82 Å². The van der Waals surface area contributed by atoms with Crippen LogP contribution in [0.3, 0.4) is 0 Å². The fourth-order valence-corrected chi connectivity index (χ4v) is 1.66. The van der Waals surface area contributed by atoms with Crippen LogP contribution in [0.15, 0.2) is 36.7 Å². The van der Waals surface area contributed by atoms with Gasteiger partial charge in [-0.15, -0.1) is 11.6 Å². The Morgan fingerprint density at radius 3 is 2.62 bits per heavy atom. The van der Waals surface area contributed by atoms with E-state index in [1.54, 1.807) is 12.4 Å². The second kappa shape index (κ2) is 5.14. The maximum atomic E-state index is 9.41. The second-order valence-corrected chi connectivity index (χ2v) is 3.96. The molecule has 2 N–H and O–H groups in total. The first-order valence-corrected chi connectivity index (χ1v) is 5.66. The van der Waals surface area contributed by atoms with E-state index >= 15 is 0 Å². The number of imidazole rings is 1. The highest BCUT2D eigenvalue weighted by Crippen LogP contribution is 2.15. The summed E-state index contributed by atoms with van der Waals surface area (Å²) in [6.07, 6.45) is 3.62. The SMILES string of the molecule is OC(CCl)Cc1ccc(-c2ncc[nH]2)cc1. The van der Waals surface area contributed by atoms with E-state index in [4.69, 9.17) is 11.6 Å². The average molecular weight is 237 g/mol. The highest BCUT2D eigenvalue weighted by molar-refractivity contribution is 6.18. The first-order valence-electron chi connectivity index (χ1n) is 5.12. The average Bonchev–Trinajstić information content (AvgIpc) is 2.83. The molecule has 0 aliphatic heterocycles. The molecule has 0 aliphatic rings. The Morgan fingerprint density at radius 2 is 2.06 bits per heavy atom. The molecule has 3 nitrogen and oxygen atoms in total. The first-order chi connectivity index (χ1) is 7.79. The van der Waals surface area contributed by atoms with Crippen molar-refractivity contribution in [3.63, 3.8) is 0 Å². The minimum Gasteiger partial charge on any atom is -0.392 e. The Bertz CT molecular complexity index is 425. The summed E-state index contributed by atoms with van der Waals surface area (Å²) in [6.45, 7) is 0. The normalized spacial score (nSPS) is 12.6. The van der Waals surface area contributed by atoms with Gasteiger partial charge in [0.2, 0.25) is 0 Å². The molecule has 0 aliphatic carbocycles. The fraction of sp³-hybridized carbons (Fsp3) is 0.250. The van der Waals surface area contributed by atoms with Crippen LogP contribution in [0.4, 0.5) is 0 Å². The molecule has 1 aromatic heterocycles. The minimum atomic E-state index is -0.476. The van der Waals surface area contributed by atoms with E-state index in [9.17, 15) is 5.11 Å². The number of aliphatic hydroxyl groups is 1. The molecule has 0 saturated carbocycles. The highest BCUT2D eigenvalue weighted by atomic mass is 35.5. The largest absolute Gasteiger partial charge is 0.392 e.